The van der Waals surface area contributed by atoms with Crippen LogP contribution < -0.4 is 6.15 Å². The number of hydrogen-bond donors (Lipinski definition) is 7. The van der Waals surface area contributed by atoms with Crippen LogP contribution in [0.5, 0.6) is 0 Å². The molecule has 0 aromatic rings. The minimum absolute atomic E-state index is 0. The smallest absolute Gasteiger partial charge is 0.450 e. The number of carbonyl (C=O) groups is 3. The Morgan fingerprint density at radius 3 is 0.625 bits per heavy atom. The first-order valence-corrected chi connectivity index (χ1v) is 2.36. The first-order valence-electron chi connectivity index (χ1n) is 2.36. The van der Waals surface area contributed by atoms with E-state index in [9.17, 15) is 0 Å². The van der Waals surface area contributed by atoms with E-state index in [4.69, 9.17) is 54.6 Å². The molecule has 0 aromatic heterocycles. The second-order valence-electron chi connectivity index (χ2n) is 0.931. The largest absolute Gasteiger partial charge is 0.503 e. The lowest BCUT2D eigenvalue weighted by Crippen LogP contribution is -1.81. The summed E-state index contributed by atoms with van der Waals surface area (Å²) >= 11 is 0. The minimum atomic E-state index is -1.83. The minimum Gasteiger partial charge on any atom is -0.450 e. The number of carboxylic acid groups (broad SMARTS) is 6. The molecule has 96 valence electrons. The Hall–Kier alpha value is -2.85. The van der Waals surface area contributed by atoms with Gasteiger partial charge in [-0.25, -0.2) is 14.4 Å². The van der Waals surface area contributed by atoms with Gasteiger partial charge in [-0.2, -0.15) is 9.59 Å². The van der Waals surface area contributed by atoms with Gasteiger partial charge in [-0.3, -0.25) is 0 Å². The molecule has 0 fully saturated rings. The molecule has 0 aliphatic heterocycles. The molecule has 0 unspecified atom stereocenters. The summed E-state index contributed by atoms with van der Waals surface area (Å²) < 4.78 is 0. The van der Waals surface area contributed by atoms with Gasteiger partial charge >= 0.3 is 24.6 Å². The molecule has 0 spiro atoms. The summed E-state index contributed by atoms with van der Waals surface area (Å²) in [5.41, 5.74) is 0. The van der Waals surface area contributed by atoms with E-state index in [-0.39, 0.29) is 12.3 Å². The Labute approximate surface area is 86.6 Å². The maximum Gasteiger partial charge on any atom is 0.503 e. The molecule has 12 heteroatoms. The predicted octanol–water partition coefficient (Wildman–Crippen LogP) is 0.246. The third kappa shape index (κ3) is 141. The van der Waals surface area contributed by atoms with Crippen LogP contribution in [0.15, 0.2) is 0 Å². The van der Waals surface area contributed by atoms with Crippen molar-refractivity contribution in [1.82, 2.24) is 6.15 Å². The first-order chi connectivity index (χ1) is 6.61. The van der Waals surface area contributed by atoms with E-state index < -0.39 is 18.5 Å². The molecule has 0 amide bonds. The summed E-state index contributed by atoms with van der Waals surface area (Å²) in [5.74, 6) is 0. The Morgan fingerprint density at radius 2 is 0.625 bits per heavy atom. The summed E-state index contributed by atoms with van der Waals surface area (Å²) in [7, 11) is 0. The summed E-state index contributed by atoms with van der Waals surface area (Å²) in [4.78, 5) is 41.9. The van der Waals surface area contributed by atoms with E-state index in [1.807, 2.05) is 0 Å². The molecule has 0 aromatic carbocycles. The average Bonchev–Trinajstić information content (AvgIpc) is 1.81. The van der Waals surface area contributed by atoms with Crippen molar-refractivity contribution < 1.29 is 54.6 Å². The molecule has 0 aliphatic rings. The lowest BCUT2D eigenvalue weighted by molar-refractivity contribution is -0.191. The van der Waals surface area contributed by atoms with Crippen LogP contribution in [0.4, 0.5) is 14.4 Å². The number of rotatable bonds is 0. The van der Waals surface area contributed by atoms with Gasteiger partial charge < -0.3 is 36.8 Å². The van der Waals surface area contributed by atoms with Gasteiger partial charge in [-0.15, -0.1) is 0 Å². The lowest BCUT2D eigenvalue weighted by Gasteiger charge is -1.60. The van der Waals surface area contributed by atoms with Gasteiger partial charge in [0.25, 0.3) is 0 Å². The van der Waals surface area contributed by atoms with E-state index in [0.29, 0.717) is 0 Å². The maximum atomic E-state index is 8.56. The predicted molar refractivity (Wildman–Crippen MR) is 42.0 cm³/mol. The van der Waals surface area contributed by atoms with Crippen molar-refractivity contribution in [2.24, 2.45) is 0 Å². The van der Waals surface area contributed by atoms with Crippen molar-refractivity contribution in [2.45, 2.75) is 0 Å². The second-order valence-corrected chi connectivity index (χ2v) is 0.931. The van der Waals surface area contributed by atoms with E-state index >= 15 is 0 Å². The van der Waals surface area contributed by atoms with Crippen LogP contribution in [0.25, 0.3) is 0 Å². The van der Waals surface area contributed by atoms with Crippen molar-refractivity contribution in [1.29, 1.82) is 0 Å². The molecule has 9 N–H and O–H groups in total. The first kappa shape index (κ1) is 29.2. The van der Waals surface area contributed by atoms with Crippen molar-refractivity contribution in [3.8, 4) is 0 Å². The molecule has 0 heterocycles. The molecule has 12 nitrogen and oxygen atoms in total. The highest BCUT2D eigenvalue weighted by molar-refractivity contribution is 5.53. The third-order valence-corrected chi connectivity index (χ3v) is 0. The SMILES string of the molecule is N.O=C(O)O.O=C(O)O.O=C(O)O.O=C=O. The van der Waals surface area contributed by atoms with Crippen LogP contribution in [-0.4, -0.2) is 55.3 Å². The van der Waals surface area contributed by atoms with Crippen molar-refractivity contribution in [2.75, 3.05) is 0 Å². The van der Waals surface area contributed by atoms with Gasteiger partial charge in [0.2, 0.25) is 0 Å². The van der Waals surface area contributed by atoms with Crippen LogP contribution in [0.3, 0.4) is 0 Å². The Kier molecular flexibility index (Phi) is 54.0. The van der Waals surface area contributed by atoms with Gasteiger partial charge in [0.15, 0.2) is 0 Å². The molecule has 0 saturated heterocycles. The van der Waals surface area contributed by atoms with E-state index in [1.54, 1.807) is 0 Å². The van der Waals surface area contributed by atoms with Crippen LogP contribution in [0.1, 0.15) is 0 Å². The zero-order chi connectivity index (χ0) is 13.4. The molecular weight excluding hydrogens is 238 g/mol. The molecule has 0 saturated carbocycles. The van der Waals surface area contributed by atoms with Crippen LogP contribution in [-0.2, 0) is 9.59 Å². The summed E-state index contributed by atoms with van der Waals surface area (Å²) in [5, 5.41) is 41.8. The molecular formula is C4H9NO11. The monoisotopic (exact) mass is 247 g/mol. The van der Waals surface area contributed by atoms with E-state index in [1.165, 1.54) is 0 Å². The number of carbonyl (C=O) groups excluding carboxylic acids is 2. The standard InChI is InChI=1S/3CH2O3.CO2.H3N/c3*2-1(3)4;2-1-3;/h3*(H2,2,3,4);;1H3. The summed E-state index contributed by atoms with van der Waals surface area (Å²) in [6.45, 7) is 0. The fourth-order valence-corrected chi connectivity index (χ4v) is 0. The fraction of sp³-hybridized carbons (Fsp3) is 0. The van der Waals surface area contributed by atoms with E-state index in [0.717, 1.165) is 0 Å². The van der Waals surface area contributed by atoms with Crippen LogP contribution in [0, 0.1) is 0 Å². The van der Waals surface area contributed by atoms with Gasteiger partial charge in [-0.1, -0.05) is 0 Å². The van der Waals surface area contributed by atoms with Gasteiger partial charge in [0, 0.05) is 0 Å². The zero-order valence-corrected chi connectivity index (χ0v) is 7.43. The lowest BCUT2D eigenvalue weighted by atomic mass is 11.5. The maximum absolute atomic E-state index is 8.56. The van der Waals surface area contributed by atoms with Gasteiger partial charge in [-0.05, 0) is 0 Å². The quantitative estimate of drug-likeness (QED) is 0.304. The topological polar surface area (TPSA) is 242 Å². The highest BCUT2D eigenvalue weighted by atomic mass is 16.6. The van der Waals surface area contributed by atoms with Crippen molar-refractivity contribution >= 4 is 24.6 Å². The Bertz CT molecular complexity index is 175. The molecule has 0 atom stereocenters. The fourth-order valence-electron chi connectivity index (χ4n) is 0. The highest BCUT2D eigenvalue weighted by Gasteiger charge is 1.70. The molecule has 0 bridgehead atoms. The summed E-state index contributed by atoms with van der Waals surface area (Å²) in [6, 6.07) is 0. The van der Waals surface area contributed by atoms with Crippen LogP contribution >= 0.6 is 0 Å². The Morgan fingerprint density at radius 1 is 0.625 bits per heavy atom. The molecule has 0 aliphatic carbocycles. The molecule has 0 rings (SSSR count). The van der Waals surface area contributed by atoms with E-state index in [2.05, 4.69) is 0 Å². The van der Waals surface area contributed by atoms with Crippen molar-refractivity contribution in [3.05, 3.63) is 0 Å². The number of hydrogen-bond acceptors (Lipinski definition) is 6. The normalized spacial score (nSPS) is 5.00. The summed E-state index contributed by atoms with van der Waals surface area (Å²) in [6.07, 6.45) is -5.25. The average molecular weight is 247 g/mol. The zero-order valence-electron chi connectivity index (χ0n) is 7.43. The third-order valence-electron chi connectivity index (χ3n) is 0. The van der Waals surface area contributed by atoms with Crippen LogP contribution in [0.2, 0.25) is 0 Å². The van der Waals surface area contributed by atoms with Crippen molar-refractivity contribution in [3.63, 3.8) is 0 Å². The molecule has 16 heavy (non-hydrogen) atoms. The van der Waals surface area contributed by atoms with Gasteiger partial charge in [0.1, 0.15) is 0 Å². The second kappa shape index (κ2) is 29.5. The molecule has 0 radical (unpaired) electrons. The highest BCUT2D eigenvalue weighted by Crippen LogP contribution is 1.43. The Balaban J connectivity index is -0.0000000331. The van der Waals surface area contributed by atoms with Gasteiger partial charge in [0.05, 0.1) is 0 Å².